The summed E-state index contributed by atoms with van der Waals surface area (Å²) in [4.78, 5) is 24.6. The highest BCUT2D eigenvalue weighted by Gasteiger charge is 2.56. The molecule has 4 aromatic rings. The van der Waals surface area contributed by atoms with Crippen LogP contribution in [0.15, 0.2) is 71.7 Å². The Labute approximate surface area is 267 Å². The zero-order chi connectivity index (χ0) is 30.9. The predicted molar refractivity (Wildman–Crippen MR) is 176 cm³/mol. The van der Waals surface area contributed by atoms with Gasteiger partial charge in [0.2, 0.25) is 10.9 Å². The van der Waals surface area contributed by atoms with E-state index in [0.717, 1.165) is 52.1 Å². The van der Waals surface area contributed by atoms with Gasteiger partial charge in [0.1, 0.15) is 0 Å². The van der Waals surface area contributed by atoms with Gasteiger partial charge in [-0.1, -0.05) is 42.5 Å². The molecule has 1 saturated carbocycles. The lowest BCUT2D eigenvalue weighted by molar-refractivity contribution is -0.0422. The average molecular weight is 629 g/mol. The monoisotopic (exact) mass is 628 g/mol. The van der Waals surface area contributed by atoms with Crippen LogP contribution in [0.5, 0.6) is 0 Å². The van der Waals surface area contributed by atoms with Gasteiger partial charge in [0.05, 0.1) is 16.6 Å². The van der Waals surface area contributed by atoms with Crippen molar-refractivity contribution in [3.8, 4) is 11.4 Å². The second kappa shape index (κ2) is 12.7. The van der Waals surface area contributed by atoms with Crippen LogP contribution in [0.2, 0.25) is 0 Å². The number of nitrogens with one attached hydrogen (secondary N) is 1. The molecule has 230 valence electrons. The van der Waals surface area contributed by atoms with Crippen molar-refractivity contribution in [2.75, 3.05) is 5.75 Å². The zero-order valence-corrected chi connectivity index (χ0v) is 27.2. The van der Waals surface area contributed by atoms with E-state index in [0.29, 0.717) is 41.6 Å². The highest BCUT2D eigenvalue weighted by atomic mass is 32.2. The number of thiophene rings is 1. The van der Waals surface area contributed by atoms with Crippen LogP contribution in [0.3, 0.4) is 0 Å². The lowest BCUT2D eigenvalue weighted by Gasteiger charge is -2.44. The van der Waals surface area contributed by atoms with Gasteiger partial charge < -0.3 is 10.2 Å². The van der Waals surface area contributed by atoms with E-state index in [2.05, 4.69) is 52.2 Å². The first-order valence-electron chi connectivity index (χ1n) is 15.4. The lowest BCUT2D eigenvalue weighted by atomic mass is 9.65. The molecule has 4 unspecified atom stereocenters. The summed E-state index contributed by atoms with van der Waals surface area (Å²) < 4.78 is 0. The molecular weight excluding hydrogens is 589 g/mol. The molecule has 0 spiro atoms. The van der Waals surface area contributed by atoms with Crippen molar-refractivity contribution in [2.24, 2.45) is 5.41 Å². The number of aliphatic hydroxyl groups excluding tert-OH is 1. The van der Waals surface area contributed by atoms with Gasteiger partial charge in [-0.05, 0) is 106 Å². The number of hydrogen-bond donors (Lipinski definition) is 3. The standard InChI is InChI=1S/C35H40N4O3S2/c1-22-5-4-15-34(3)29(12-16-35(34,42)21-43-33-37-32(38-39-33)25-13-17-36-18-14-25)27-10-8-24(19-26(40)9-6-22)20-28(27)31(41)30-11-7-23(2)44-30/h5,7-8,10-11,13-14,17-18,20,26,29,40,42H,4,6,9,12,15-16,19,21H2,1-3H3,(H,37,38,39). The summed E-state index contributed by atoms with van der Waals surface area (Å²) in [7, 11) is 0. The number of aliphatic hydroxyl groups is 2. The predicted octanol–water partition coefficient (Wildman–Crippen LogP) is 7.30. The number of carbonyl (C=O) groups excluding carboxylic acids is 1. The molecular formula is C35H40N4O3S2. The lowest BCUT2D eigenvalue weighted by Crippen LogP contribution is -2.46. The molecule has 4 atom stereocenters. The first kappa shape index (κ1) is 30.9. The van der Waals surface area contributed by atoms with E-state index < -0.39 is 17.1 Å². The molecule has 1 fully saturated rings. The van der Waals surface area contributed by atoms with Gasteiger partial charge in [-0.2, -0.15) is 0 Å². The second-order valence-electron chi connectivity index (χ2n) is 12.7. The summed E-state index contributed by atoms with van der Waals surface area (Å²) in [5.74, 6) is 1.14. The number of hydrogen-bond acceptors (Lipinski definition) is 8. The molecule has 0 saturated heterocycles. The molecule has 9 heteroatoms. The Balaban J connectivity index is 1.36. The molecule has 1 aromatic carbocycles. The molecule has 3 N–H and O–H groups in total. The van der Waals surface area contributed by atoms with E-state index in [1.165, 1.54) is 28.7 Å². The normalized spacial score (nSPS) is 25.8. The third-order valence-electron chi connectivity index (χ3n) is 9.74. The van der Waals surface area contributed by atoms with E-state index in [9.17, 15) is 15.0 Å². The number of rotatable bonds is 6. The highest BCUT2D eigenvalue weighted by Crippen LogP contribution is 2.59. The minimum atomic E-state index is -0.993. The van der Waals surface area contributed by atoms with Crippen LogP contribution < -0.4 is 0 Å². The highest BCUT2D eigenvalue weighted by molar-refractivity contribution is 7.99. The fourth-order valence-electron chi connectivity index (χ4n) is 7.00. The molecule has 7 rings (SSSR count). The van der Waals surface area contributed by atoms with Gasteiger partial charge in [-0.25, -0.2) is 4.98 Å². The van der Waals surface area contributed by atoms with Crippen LogP contribution in [0.25, 0.3) is 11.4 Å². The summed E-state index contributed by atoms with van der Waals surface area (Å²) >= 11 is 2.99. The molecule has 3 aromatic heterocycles. The maximum absolute atomic E-state index is 14.1. The smallest absolute Gasteiger partial charge is 0.208 e. The van der Waals surface area contributed by atoms with Crippen molar-refractivity contribution in [2.45, 2.75) is 88.5 Å². The van der Waals surface area contributed by atoms with Crippen molar-refractivity contribution in [1.29, 1.82) is 0 Å². The Morgan fingerprint density at radius 1 is 1.11 bits per heavy atom. The number of nitrogens with zero attached hydrogens (tertiary/aromatic N) is 3. The number of thioether (sulfide) groups is 1. The van der Waals surface area contributed by atoms with Crippen LogP contribution in [0, 0.1) is 12.3 Å². The number of aryl methyl sites for hydroxylation is 1. The van der Waals surface area contributed by atoms with Crippen molar-refractivity contribution in [1.82, 2.24) is 20.2 Å². The van der Waals surface area contributed by atoms with Crippen LogP contribution in [-0.4, -0.2) is 53.6 Å². The minimum absolute atomic E-state index is 0.0109. The molecule has 7 nitrogen and oxygen atoms in total. The fraction of sp³-hybridized carbons (Fsp3) is 0.429. The fourth-order valence-corrected chi connectivity index (χ4v) is 8.93. The number of aromatic nitrogens is 4. The second-order valence-corrected chi connectivity index (χ2v) is 14.9. The summed E-state index contributed by atoms with van der Waals surface area (Å²) in [5, 5.41) is 31.4. The van der Waals surface area contributed by atoms with E-state index >= 15 is 0 Å². The minimum Gasteiger partial charge on any atom is -0.393 e. The van der Waals surface area contributed by atoms with Crippen molar-refractivity contribution >= 4 is 28.9 Å². The number of aromatic amines is 1. The van der Waals surface area contributed by atoms with Crippen LogP contribution >= 0.6 is 23.1 Å². The Kier molecular flexibility index (Phi) is 8.93. The van der Waals surface area contributed by atoms with Crippen LogP contribution in [0.1, 0.15) is 89.5 Å². The summed E-state index contributed by atoms with van der Waals surface area (Å²) in [6, 6.07) is 13.9. The number of ketones is 1. The Hall–Kier alpha value is -3.11. The SMILES string of the molecule is CC1=CCCC2(C)C(CCC2(O)CSc2n[nH]c(-c3ccncc3)n2)c2ccc(cc2C(=O)c2ccc(C)s2)CC(O)CC1. The van der Waals surface area contributed by atoms with Crippen molar-refractivity contribution in [3.05, 3.63) is 93.0 Å². The van der Waals surface area contributed by atoms with E-state index in [1.54, 1.807) is 12.4 Å². The topological polar surface area (TPSA) is 112 Å². The third kappa shape index (κ3) is 6.20. The molecule has 0 radical (unpaired) electrons. The molecule has 3 aliphatic rings. The van der Waals surface area contributed by atoms with Gasteiger partial charge in [0, 0.05) is 39.6 Å². The zero-order valence-electron chi connectivity index (χ0n) is 25.5. The van der Waals surface area contributed by atoms with Gasteiger partial charge in [0.25, 0.3) is 0 Å². The molecule has 0 amide bonds. The average Bonchev–Trinajstić information content (AvgIpc) is 3.74. The number of benzene rings is 1. The van der Waals surface area contributed by atoms with Gasteiger partial charge in [-0.3, -0.25) is 14.9 Å². The third-order valence-corrected chi connectivity index (χ3v) is 11.8. The number of carbonyl (C=O) groups is 1. The van der Waals surface area contributed by atoms with E-state index in [1.807, 2.05) is 37.3 Å². The Bertz CT molecular complexity index is 1670. The maximum atomic E-state index is 14.1. The molecule has 0 aliphatic heterocycles. The van der Waals surface area contributed by atoms with Crippen LogP contribution in [0.4, 0.5) is 0 Å². The largest absolute Gasteiger partial charge is 0.393 e. The first-order valence-corrected chi connectivity index (χ1v) is 17.2. The first-order chi connectivity index (χ1) is 21.1. The molecule has 3 aliphatic carbocycles. The van der Waals surface area contributed by atoms with Gasteiger partial charge in [-0.15, -0.1) is 16.4 Å². The van der Waals surface area contributed by atoms with Crippen molar-refractivity contribution < 1.29 is 15.0 Å². The number of H-pyrrole nitrogens is 1. The summed E-state index contributed by atoms with van der Waals surface area (Å²) in [5.41, 5.74) is 3.35. The van der Waals surface area contributed by atoms with Gasteiger partial charge >= 0.3 is 0 Å². The maximum Gasteiger partial charge on any atom is 0.208 e. The van der Waals surface area contributed by atoms with Crippen LogP contribution in [-0.2, 0) is 6.42 Å². The van der Waals surface area contributed by atoms with Gasteiger partial charge in [0.15, 0.2) is 5.82 Å². The number of allylic oxidation sites excluding steroid dienone is 2. The summed E-state index contributed by atoms with van der Waals surface area (Å²) in [6.45, 7) is 6.36. The Morgan fingerprint density at radius 2 is 1.93 bits per heavy atom. The molecule has 44 heavy (non-hydrogen) atoms. The number of fused-ring (bicyclic) bond motifs is 8. The quantitative estimate of drug-likeness (QED) is 0.117. The van der Waals surface area contributed by atoms with E-state index in [4.69, 9.17) is 0 Å². The van der Waals surface area contributed by atoms with Crippen molar-refractivity contribution in [3.63, 3.8) is 0 Å². The molecule has 3 heterocycles. The Morgan fingerprint density at radius 3 is 2.70 bits per heavy atom. The summed E-state index contributed by atoms with van der Waals surface area (Å²) in [6.07, 6.45) is 10.3. The number of pyridine rings is 1. The molecule has 2 bridgehead atoms. The van der Waals surface area contributed by atoms with E-state index in [-0.39, 0.29) is 11.7 Å².